The summed E-state index contributed by atoms with van der Waals surface area (Å²) >= 11 is 0. The first-order valence-electron chi connectivity index (χ1n) is 10.8. The van der Waals surface area contributed by atoms with Gasteiger partial charge in [0.05, 0.1) is 25.3 Å². The Hall–Kier alpha value is -4.21. The molecule has 10 nitrogen and oxygen atoms in total. The molecule has 4 N–H and O–H groups in total. The molecule has 1 aliphatic rings. The third kappa shape index (κ3) is 5.40. The molecule has 1 saturated heterocycles. The van der Waals surface area contributed by atoms with E-state index in [1.165, 1.54) is 6.21 Å². The first-order chi connectivity index (χ1) is 16.3. The number of imide groups is 1. The number of nitrogens with zero attached hydrogens (tertiary/aromatic N) is 2. The van der Waals surface area contributed by atoms with E-state index < -0.39 is 41.9 Å². The number of carbonyl (C=O) groups is 4. The Bertz CT molecular complexity index is 1090. The number of urea groups is 1. The summed E-state index contributed by atoms with van der Waals surface area (Å²) in [6, 6.07) is 14.4. The first kappa shape index (κ1) is 24.4. The number of esters is 1. The van der Waals surface area contributed by atoms with Crippen LogP contribution in [0.25, 0.3) is 0 Å². The van der Waals surface area contributed by atoms with Gasteiger partial charge in [-0.2, -0.15) is 5.10 Å². The van der Waals surface area contributed by atoms with Crippen LogP contribution in [0.3, 0.4) is 0 Å². The standard InChI is InChI=1S/C24H27N5O5/c1-3-34-21(31)13-19(17-7-5-4-6-8-17)27-20(30)15-29-22(32)24(2,28-23(29)33)18-11-9-16(10-12-18)14-26-25/h4-12,14,19H,3,13,15,25H2,1-2H3,(H,27,30)(H,28,33)/t19-,24-/m0/s1. The van der Waals surface area contributed by atoms with Crippen molar-refractivity contribution in [1.29, 1.82) is 0 Å². The Kier molecular flexibility index (Phi) is 7.62. The van der Waals surface area contributed by atoms with Crippen molar-refractivity contribution in [3.8, 4) is 0 Å². The monoisotopic (exact) mass is 465 g/mol. The molecule has 178 valence electrons. The van der Waals surface area contributed by atoms with E-state index in [0.717, 1.165) is 10.5 Å². The van der Waals surface area contributed by atoms with E-state index in [9.17, 15) is 19.2 Å². The molecule has 0 saturated carbocycles. The number of hydrogen-bond acceptors (Lipinski definition) is 7. The van der Waals surface area contributed by atoms with Gasteiger partial charge < -0.3 is 21.2 Å². The largest absolute Gasteiger partial charge is 0.466 e. The molecule has 0 spiro atoms. The van der Waals surface area contributed by atoms with Crippen LogP contribution >= 0.6 is 0 Å². The zero-order chi connectivity index (χ0) is 24.7. The number of nitrogens with two attached hydrogens (primary N) is 1. The van der Waals surface area contributed by atoms with Crippen molar-refractivity contribution in [2.24, 2.45) is 10.9 Å². The average Bonchev–Trinajstić information content (AvgIpc) is 3.04. The summed E-state index contributed by atoms with van der Waals surface area (Å²) in [4.78, 5) is 51.5. The molecule has 10 heteroatoms. The van der Waals surface area contributed by atoms with Gasteiger partial charge in [-0.1, -0.05) is 54.6 Å². The van der Waals surface area contributed by atoms with Crippen molar-refractivity contribution in [3.63, 3.8) is 0 Å². The second-order valence-electron chi connectivity index (χ2n) is 7.89. The fraction of sp³-hybridized carbons (Fsp3) is 0.292. The Balaban J connectivity index is 1.73. The van der Waals surface area contributed by atoms with Gasteiger partial charge in [-0.15, -0.1) is 0 Å². The second kappa shape index (κ2) is 10.6. The van der Waals surface area contributed by atoms with E-state index in [-0.39, 0.29) is 13.0 Å². The molecule has 2 atom stereocenters. The van der Waals surface area contributed by atoms with Gasteiger partial charge in [-0.3, -0.25) is 19.3 Å². The zero-order valence-corrected chi connectivity index (χ0v) is 19.0. The number of rotatable bonds is 9. The molecular formula is C24H27N5O5. The lowest BCUT2D eigenvalue weighted by Crippen LogP contribution is -2.44. The van der Waals surface area contributed by atoms with Crippen molar-refractivity contribution >= 4 is 30.0 Å². The number of amides is 4. The first-order valence-corrected chi connectivity index (χ1v) is 10.8. The smallest absolute Gasteiger partial charge is 0.325 e. The van der Waals surface area contributed by atoms with Crippen LogP contribution in [0.15, 0.2) is 59.7 Å². The van der Waals surface area contributed by atoms with E-state index >= 15 is 0 Å². The van der Waals surface area contributed by atoms with Gasteiger partial charge in [-0.25, -0.2) is 4.79 Å². The van der Waals surface area contributed by atoms with Crippen LogP contribution in [-0.4, -0.2) is 48.1 Å². The quantitative estimate of drug-likeness (QED) is 0.169. The summed E-state index contributed by atoms with van der Waals surface area (Å²) in [6.07, 6.45) is 1.37. The van der Waals surface area contributed by atoms with Gasteiger partial charge in [-0.05, 0) is 30.5 Å². The third-order valence-corrected chi connectivity index (χ3v) is 5.50. The Morgan fingerprint density at radius 1 is 1.18 bits per heavy atom. The van der Waals surface area contributed by atoms with Gasteiger partial charge in [0, 0.05) is 0 Å². The molecule has 3 rings (SSSR count). The molecule has 4 amide bonds. The molecule has 0 unspecified atom stereocenters. The van der Waals surface area contributed by atoms with Gasteiger partial charge in [0.1, 0.15) is 12.1 Å². The highest BCUT2D eigenvalue weighted by molar-refractivity contribution is 6.09. The Morgan fingerprint density at radius 2 is 1.85 bits per heavy atom. The summed E-state index contributed by atoms with van der Waals surface area (Å²) in [5.74, 6) is 3.54. The normalized spacial score (nSPS) is 18.6. The SMILES string of the molecule is CCOC(=O)C[C@H](NC(=O)CN1C(=O)N[C@@](C)(c2ccc(C=NN)cc2)C1=O)c1ccccc1. The minimum absolute atomic E-state index is 0.0834. The van der Waals surface area contributed by atoms with Gasteiger partial charge in [0.2, 0.25) is 5.91 Å². The minimum atomic E-state index is -1.33. The number of ether oxygens (including phenoxy) is 1. The number of carbonyl (C=O) groups excluding carboxylic acids is 4. The molecule has 0 radical (unpaired) electrons. The van der Waals surface area contributed by atoms with Crippen LogP contribution < -0.4 is 16.5 Å². The number of benzene rings is 2. The van der Waals surface area contributed by atoms with Crippen LogP contribution in [0.4, 0.5) is 4.79 Å². The second-order valence-corrected chi connectivity index (χ2v) is 7.89. The maximum atomic E-state index is 13.1. The van der Waals surface area contributed by atoms with Crippen LogP contribution in [0, 0.1) is 0 Å². The minimum Gasteiger partial charge on any atom is -0.466 e. The van der Waals surface area contributed by atoms with E-state index in [1.54, 1.807) is 62.4 Å². The summed E-state index contributed by atoms with van der Waals surface area (Å²) in [5, 5.41) is 8.85. The molecule has 2 aromatic carbocycles. The molecule has 0 bridgehead atoms. The summed E-state index contributed by atoms with van der Waals surface area (Å²) in [7, 11) is 0. The summed E-state index contributed by atoms with van der Waals surface area (Å²) in [5.41, 5.74) is 0.648. The highest BCUT2D eigenvalue weighted by atomic mass is 16.5. The van der Waals surface area contributed by atoms with Gasteiger partial charge >= 0.3 is 12.0 Å². The maximum Gasteiger partial charge on any atom is 0.325 e. The number of hydrogen-bond donors (Lipinski definition) is 3. The number of hydrazone groups is 1. The predicted molar refractivity (Wildman–Crippen MR) is 124 cm³/mol. The van der Waals surface area contributed by atoms with Crippen molar-refractivity contribution in [2.75, 3.05) is 13.2 Å². The van der Waals surface area contributed by atoms with Crippen molar-refractivity contribution in [2.45, 2.75) is 31.8 Å². The molecule has 1 fully saturated rings. The highest BCUT2D eigenvalue weighted by Gasteiger charge is 2.49. The number of nitrogens with one attached hydrogen (secondary N) is 2. The predicted octanol–water partition coefficient (Wildman–Crippen LogP) is 1.56. The van der Waals surface area contributed by atoms with Crippen molar-refractivity contribution < 1.29 is 23.9 Å². The van der Waals surface area contributed by atoms with Crippen LogP contribution in [0.1, 0.15) is 43.0 Å². The lowest BCUT2D eigenvalue weighted by atomic mass is 9.91. The maximum absolute atomic E-state index is 13.1. The van der Waals surface area contributed by atoms with E-state index in [2.05, 4.69) is 15.7 Å². The van der Waals surface area contributed by atoms with Crippen molar-refractivity contribution in [1.82, 2.24) is 15.5 Å². The summed E-state index contributed by atoms with van der Waals surface area (Å²) < 4.78 is 5.01. The third-order valence-electron chi connectivity index (χ3n) is 5.50. The van der Waals surface area contributed by atoms with E-state index in [1.807, 2.05) is 6.07 Å². The molecule has 1 heterocycles. The molecule has 2 aromatic rings. The molecule has 1 aliphatic heterocycles. The summed E-state index contributed by atoms with van der Waals surface area (Å²) in [6.45, 7) is 2.99. The van der Waals surface area contributed by atoms with Crippen LogP contribution in [-0.2, 0) is 24.7 Å². The van der Waals surface area contributed by atoms with Crippen molar-refractivity contribution in [3.05, 3.63) is 71.3 Å². The topological polar surface area (TPSA) is 143 Å². The fourth-order valence-corrected chi connectivity index (χ4v) is 3.73. The van der Waals surface area contributed by atoms with Gasteiger partial charge in [0.15, 0.2) is 0 Å². The molecule has 0 aliphatic carbocycles. The average molecular weight is 466 g/mol. The van der Waals surface area contributed by atoms with Gasteiger partial charge in [0.25, 0.3) is 5.91 Å². The molecular weight excluding hydrogens is 438 g/mol. The lowest BCUT2D eigenvalue weighted by Gasteiger charge is -2.23. The zero-order valence-electron chi connectivity index (χ0n) is 19.0. The molecule has 34 heavy (non-hydrogen) atoms. The Labute approximate surface area is 197 Å². The van der Waals surface area contributed by atoms with Crippen LogP contribution in [0.2, 0.25) is 0 Å². The van der Waals surface area contributed by atoms with Crippen LogP contribution in [0.5, 0.6) is 0 Å². The van der Waals surface area contributed by atoms with E-state index in [4.69, 9.17) is 10.6 Å². The fourth-order valence-electron chi connectivity index (χ4n) is 3.73. The van der Waals surface area contributed by atoms with E-state index in [0.29, 0.717) is 11.1 Å². The Morgan fingerprint density at radius 3 is 2.47 bits per heavy atom. The molecule has 0 aromatic heterocycles. The highest BCUT2D eigenvalue weighted by Crippen LogP contribution is 2.29. The lowest BCUT2D eigenvalue weighted by molar-refractivity contribution is -0.144.